The molecule has 3 aliphatic rings. The van der Waals surface area contributed by atoms with Gasteiger partial charge >= 0.3 is 6.03 Å². The molecule has 1 aromatic carbocycles. The average Bonchev–Trinajstić information content (AvgIpc) is 3.35. The topological polar surface area (TPSA) is 81.7 Å². The van der Waals surface area contributed by atoms with Gasteiger partial charge in [0.2, 0.25) is 11.9 Å². The van der Waals surface area contributed by atoms with Crippen LogP contribution >= 0.6 is 0 Å². The van der Waals surface area contributed by atoms with Crippen molar-refractivity contribution in [1.29, 1.82) is 0 Å². The number of amides is 3. The number of likely N-dealkylation sites (tertiary alicyclic amines) is 2. The molecular weight excluding hydrogens is 392 g/mol. The van der Waals surface area contributed by atoms with Crippen molar-refractivity contribution in [2.45, 2.75) is 24.9 Å². The van der Waals surface area contributed by atoms with Crippen LogP contribution in [0.3, 0.4) is 0 Å². The van der Waals surface area contributed by atoms with Crippen LogP contribution in [0.25, 0.3) is 0 Å². The highest BCUT2D eigenvalue weighted by Crippen LogP contribution is 2.49. The molecule has 3 amide bonds. The summed E-state index contributed by atoms with van der Waals surface area (Å²) >= 11 is 0. The van der Waals surface area contributed by atoms with Crippen molar-refractivity contribution in [3.63, 3.8) is 0 Å². The fourth-order valence-electron chi connectivity index (χ4n) is 5.62. The molecule has 0 unspecified atom stereocenters. The maximum absolute atomic E-state index is 13.1. The summed E-state index contributed by atoms with van der Waals surface area (Å²) < 4.78 is 0. The maximum atomic E-state index is 13.1. The third-order valence-corrected chi connectivity index (χ3v) is 7.36. The van der Waals surface area contributed by atoms with Crippen LogP contribution in [0.1, 0.15) is 18.4 Å². The standard InChI is InChI=1S/C23H28N6O2/c1-27-20(30)18-15-29(21-24-10-5-11-25-21)16-19(18)23(27)8-12-28(13-9-23)22(31)26-14-17-6-3-2-4-7-17/h2-7,10-11,18-19H,8-9,12-16H2,1H3,(H,26,31)/t18-,19+/m1/s1. The first kappa shape index (κ1) is 19.8. The molecule has 1 spiro atoms. The summed E-state index contributed by atoms with van der Waals surface area (Å²) in [6.07, 6.45) is 5.09. The summed E-state index contributed by atoms with van der Waals surface area (Å²) in [5.41, 5.74) is 0.893. The number of benzene rings is 1. The molecule has 8 heteroatoms. The van der Waals surface area contributed by atoms with E-state index >= 15 is 0 Å². The Hall–Kier alpha value is -3.16. The van der Waals surface area contributed by atoms with Gasteiger partial charge in [-0.3, -0.25) is 4.79 Å². The van der Waals surface area contributed by atoms with E-state index in [4.69, 9.17) is 0 Å². The van der Waals surface area contributed by atoms with Gasteiger partial charge in [0, 0.05) is 58.1 Å². The molecule has 1 aromatic heterocycles. The third-order valence-electron chi connectivity index (χ3n) is 7.36. The van der Waals surface area contributed by atoms with E-state index in [1.54, 1.807) is 18.5 Å². The lowest BCUT2D eigenvalue weighted by molar-refractivity contribution is -0.133. The number of rotatable bonds is 3. The van der Waals surface area contributed by atoms with E-state index in [1.165, 1.54) is 0 Å². The summed E-state index contributed by atoms with van der Waals surface area (Å²) in [6, 6.07) is 11.7. The number of piperidine rings is 1. The van der Waals surface area contributed by atoms with Crippen molar-refractivity contribution in [1.82, 2.24) is 25.1 Å². The Morgan fingerprint density at radius 1 is 1.10 bits per heavy atom. The van der Waals surface area contributed by atoms with E-state index < -0.39 is 0 Å². The number of hydrogen-bond acceptors (Lipinski definition) is 5. The fourth-order valence-corrected chi connectivity index (χ4v) is 5.62. The lowest BCUT2D eigenvalue weighted by Gasteiger charge is -2.46. The third kappa shape index (κ3) is 3.40. The molecule has 5 rings (SSSR count). The lowest BCUT2D eigenvalue weighted by atomic mass is 9.75. The van der Waals surface area contributed by atoms with Crippen molar-refractivity contribution in [3.8, 4) is 0 Å². The minimum absolute atomic E-state index is 0.0211. The number of carbonyl (C=O) groups is 2. The van der Waals surface area contributed by atoms with Crippen LogP contribution in [-0.4, -0.2) is 70.5 Å². The molecule has 2 atom stereocenters. The molecular formula is C23H28N6O2. The van der Waals surface area contributed by atoms with E-state index in [9.17, 15) is 9.59 Å². The van der Waals surface area contributed by atoms with Crippen molar-refractivity contribution < 1.29 is 9.59 Å². The van der Waals surface area contributed by atoms with Gasteiger partial charge in [0.05, 0.1) is 11.5 Å². The van der Waals surface area contributed by atoms with Gasteiger partial charge in [-0.25, -0.2) is 14.8 Å². The molecule has 31 heavy (non-hydrogen) atoms. The molecule has 8 nitrogen and oxygen atoms in total. The Morgan fingerprint density at radius 2 is 1.81 bits per heavy atom. The highest BCUT2D eigenvalue weighted by Gasteiger charge is 2.60. The molecule has 0 radical (unpaired) electrons. The van der Waals surface area contributed by atoms with E-state index in [2.05, 4.69) is 20.2 Å². The minimum Gasteiger partial charge on any atom is -0.340 e. The molecule has 3 fully saturated rings. The van der Waals surface area contributed by atoms with Crippen molar-refractivity contribution in [3.05, 3.63) is 54.4 Å². The normalized spacial score (nSPS) is 24.5. The second kappa shape index (κ2) is 7.83. The van der Waals surface area contributed by atoms with Gasteiger partial charge in [-0.15, -0.1) is 0 Å². The Kier molecular flexibility index (Phi) is 5.00. The van der Waals surface area contributed by atoms with Gasteiger partial charge < -0.3 is 20.0 Å². The molecule has 4 heterocycles. The number of urea groups is 1. The van der Waals surface area contributed by atoms with E-state index in [1.807, 2.05) is 47.2 Å². The van der Waals surface area contributed by atoms with Gasteiger partial charge in [0.15, 0.2) is 0 Å². The number of anilines is 1. The Morgan fingerprint density at radius 3 is 2.52 bits per heavy atom. The molecule has 0 bridgehead atoms. The molecule has 0 aliphatic carbocycles. The quantitative estimate of drug-likeness (QED) is 0.818. The van der Waals surface area contributed by atoms with Crippen LogP contribution in [-0.2, 0) is 11.3 Å². The monoisotopic (exact) mass is 420 g/mol. The number of fused-ring (bicyclic) bond motifs is 2. The second-order valence-electron chi connectivity index (χ2n) is 8.80. The molecule has 0 saturated carbocycles. The number of nitrogens with zero attached hydrogens (tertiary/aromatic N) is 5. The molecule has 3 aliphatic heterocycles. The highest BCUT2D eigenvalue weighted by molar-refractivity contribution is 5.84. The van der Waals surface area contributed by atoms with E-state index in [-0.39, 0.29) is 29.3 Å². The average molecular weight is 421 g/mol. The SMILES string of the molecule is CN1C(=O)[C@@H]2CN(c3ncccn3)C[C@@H]2C12CCN(C(=O)NCc1ccccc1)CC2. The van der Waals surface area contributed by atoms with E-state index in [0.717, 1.165) is 24.9 Å². The summed E-state index contributed by atoms with van der Waals surface area (Å²) in [6.45, 7) is 3.29. The highest BCUT2D eigenvalue weighted by atomic mass is 16.2. The predicted octanol–water partition coefficient (Wildman–Crippen LogP) is 1.75. The Labute approximate surface area is 182 Å². The molecule has 162 valence electrons. The van der Waals surface area contributed by atoms with Gasteiger partial charge in [0.25, 0.3) is 0 Å². The lowest BCUT2D eigenvalue weighted by Crippen LogP contribution is -2.57. The molecule has 1 N–H and O–H groups in total. The zero-order valence-corrected chi connectivity index (χ0v) is 17.8. The predicted molar refractivity (Wildman–Crippen MR) is 116 cm³/mol. The summed E-state index contributed by atoms with van der Waals surface area (Å²) in [4.78, 5) is 40.5. The Bertz CT molecular complexity index is 945. The number of aromatic nitrogens is 2. The van der Waals surface area contributed by atoms with Crippen molar-refractivity contribution >= 4 is 17.9 Å². The number of hydrogen-bond donors (Lipinski definition) is 1. The molecule has 3 saturated heterocycles. The summed E-state index contributed by atoms with van der Waals surface area (Å²) in [5.74, 6) is 1.13. The van der Waals surface area contributed by atoms with Crippen LogP contribution in [0, 0.1) is 11.8 Å². The van der Waals surface area contributed by atoms with Gasteiger partial charge in [-0.1, -0.05) is 30.3 Å². The zero-order chi connectivity index (χ0) is 21.4. The maximum Gasteiger partial charge on any atom is 0.317 e. The first-order chi connectivity index (χ1) is 15.1. The fraction of sp³-hybridized carbons (Fsp3) is 0.478. The Balaban J connectivity index is 1.24. The van der Waals surface area contributed by atoms with Crippen molar-refractivity contribution in [2.24, 2.45) is 11.8 Å². The van der Waals surface area contributed by atoms with Crippen LogP contribution in [0.4, 0.5) is 10.7 Å². The van der Waals surface area contributed by atoms with Crippen LogP contribution in [0.2, 0.25) is 0 Å². The minimum atomic E-state index is -0.193. The van der Waals surface area contributed by atoms with Gasteiger partial charge in [0.1, 0.15) is 0 Å². The molecule has 2 aromatic rings. The van der Waals surface area contributed by atoms with Gasteiger partial charge in [-0.05, 0) is 24.5 Å². The van der Waals surface area contributed by atoms with Crippen LogP contribution < -0.4 is 10.2 Å². The van der Waals surface area contributed by atoms with E-state index in [0.29, 0.717) is 32.1 Å². The first-order valence-electron chi connectivity index (χ1n) is 10.9. The van der Waals surface area contributed by atoms with Crippen LogP contribution in [0.5, 0.6) is 0 Å². The summed E-state index contributed by atoms with van der Waals surface area (Å²) in [5, 5.41) is 3.02. The number of carbonyl (C=O) groups excluding carboxylic acids is 2. The summed E-state index contributed by atoms with van der Waals surface area (Å²) in [7, 11) is 1.94. The number of nitrogens with one attached hydrogen (secondary N) is 1. The van der Waals surface area contributed by atoms with Crippen LogP contribution in [0.15, 0.2) is 48.8 Å². The van der Waals surface area contributed by atoms with Gasteiger partial charge in [-0.2, -0.15) is 0 Å². The second-order valence-corrected chi connectivity index (χ2v) is 8.80. The largest absolute Gasteiger partial charge is 0.340 e. The zero-order valence-electron chi connectivity index (χ0n) is 17.8. The first-order valence-corrected chi connectivity index (χ1v) is 10.9. The smallest absolute Gasteiger partial charge is 0.317 e. The van der Waals surface area contributed by atoms with Crippen molar-refractivity contribution in [2.75, 3.05) is 38.1 Å².